The van der Waals surface area contributed by atoms with Crippen molar-refractivity contribution in [2.45, 2.75) is 12.8 Å². The molecular weight excluding hydrogens is 358 g/mol. The SMILES string of the molecule is O=C(Nc1ccc(Cc2nc3ccccc3s2)cc1)N1CC2(CCOC2)C1. The van der Waals surface area contributed by atoms with Crippen LogP contribution in [0.15, 0.2) is 48.5 Å². The van der Waals surface area contributed by atoms with Gasteiger partial charge in [0.15, 0.2) is 0 Å². The Bertz CT molecular complexity index is 936. The number of hydrogen-bond donors (Lipinski definition) is 1. The van der Waals surface area contributed by atoms with Crippen LogP contribution in [0.5, 0.6) is 0 Å². The normalized spacial score (nSPS) is 18.0. The van der Waals surface area contributed by atoms with Crippen molar-refractivity contribution >= 4 is 33.3 Å². The molecule has 5 nitrogen and oxygen atoms in total. The zero-order valence-electron chi connectivity index (χ0n) is 15.0. The van der Waals surface area contributed by atoms with Crippen LogP contribution in [0.3, 0.4) is 0 Å². The summed E-state index contributed by atoms with van der Waals surface area (Å²) in [4.78, 5) is 18.9. The Labute approximate surface area is 162 Å². The third kappa shape index (κ3) is 3.31. The summed E-state index contributed by atoms with van der Waals surface area (Å²) in [6.07, 6.45) is 1.87. The molecule has 6 heteroatoms. The molecule has 2 fully saturated rings. The maximum absolute atomic E-state index is 12.4. The smallest absolute Gasteiger partial charge is 0.321 e. The van der Waals surface area contributed by atoms with E-state index in [9.17, 15) is 4.79 Å². The maximum Gasteiger partial charge on any atom is 0.321 e. The van der Waals surface area contributed by atoms with E-state index in [0.29, 0.717) is 0 Å². The molecule has 2 amide bonds. The first-order valence-electron chi connectivity index (χ1n) is 9.26. The molecule has 2 aromatic carbocycles. The zero-order chi connectivity index (χ0) is 18.3. The summed E-state index contributed by atoms with van der Waals surface area (Å²) in [6.45, 7) is 3.21. The van der Waals surface area contributed by atoms with Crippen LogP contribution in [0.4, 0.5) is 10.5 Å². The maximum atomic E-state index is 12.4. The number of benzene rings is 2. The highest BCUT2D eigenvalue weighted by atomic mass is 32.1. The first kappa shape index (κ1) is 16.7. The number of carbonyl (C=O) groups excluding carboxylic acids is 1. The number of rotatable bonds is 3. The number of amides is 2. The van der Waals surface area contributed by atoms with Crippen LogP contribution in [0.2, 0.25) is 0 Å². The van der Waals surface area contributed by atoms with Gasteiger partial charge in [0.05, 0.1) is 21.8 Å². The Morgan fingerprint density at radius 1 is 1.19 bits per heavy atom. The molecular formula is C21H21N3O2S. The third-order valence-corrected chi connectivity index (χ3v) is 6.46. The number of nitrogens with zero attached hydrogens (tertiary/aromatic N) is 2. The molecule has 0 radical (unpaired) electrons. The molecule has 1 N–H and O–H groups in total. The van der Waals surface area contributed by atoms with Gasteiger partial charge >= 0.3 is 6.03 Å². The Morgan fingerprint density at radius 2 is 2.00 bits per heavy atom. The fourth-order valence-electron chi connectivity index (χ4n) is 3.88. The number of carbonyl (C=O) groups is 1. The second-order valence-electron chi connectivity index (χ2n) is 7.54. The van der Waals surface area contributed by atoms with E-state index in [0.717, 1.165) is 55.4 Å². The monoisotopic (exact) mass is 379 g/mol. The number of hydrogen-bond acceptors (Lipinski definition) is 4. The van der Waals surface area contributed by atoms with Gasteiger partial charge in [-0.2, -0.15) is 0 Å². The van der Waals surface area contributed by atoms with Gasteiger partial charge in [0.2, 0.25) is 0 Å². The van der Waals surface area contributed by atoms with Crippen molar-refractivity contribution in [2.24, 2.45) is 5.41 Å². The predicted octanol–water partition coefficient (Wildman–Crippen LogP) is 4.14. The van der Waals surface area contributed by atoms with Crippen molar-refractivity contribution in [3.8, 4) is 0 Å². The molecule has 0 atom stereocenters. The van der Waals surface area contributed by atoms with Crippen LogP contribution in [-0.2, 0) is 11.2 Å². The summed E-state index contributed by atoms with van der Waals surface area (Å²) in [5.74, 6) is 0. The minimum absolute atomic E-state index is 0.0218. The molecule has 3 aromatic rings. The lowest BCUT2D eigenvalue weighted by molar-refractivity contribution is 0.0255. The van der Waals surface area contributed by atoms with Crippen LogP contribution in [0.1, 0.15) is 17.0 Å². The Morgan fingerprint density at radius 3 is 2.74 bits per heavy atom. The quantitative estimate of drug-likeness (QED) is 0.744. The Kier molecular flexibility index (Phi) is 4.10. The van der Waals surface area contributed by atoms with E-state index in [1.54, 1.807) is 11.3 Å². The number of aromatic nitrogens is 1. The van der Waals surface area contributed by atoms with Crippen LogP contribution in [0.25, 0.3) is 10.2 Å². The lowest BCUT2D eigenvalue weighted by Gasteiger charge is -2.46. The topological polar surface area (TPSA) is 54.5 Å². The number of nitrogens with one attached hydrogen (secondary N) is 1. The second-order valence-corrected chi connectivity index (χ2v) is 8.65. The number of thiazole rings is 1. The van der Waals surface area contributed by atoms with Gasteiger partial charge < -0.3 is 15.0 Å². The average molecular weight is 379 g/mol. The number of fused-ring (bicyclic) bond motifs is 1. The molecule has 1 aromatic heterocycles. The zero-order valence-corrected chi connectivity index (χ0v) is 15.8. The van der Waals surface area contributed by atoms with Crippen LogP contribution in [0, 0.1) is 5.41 Å². The van der Waals surface area contributed by atoms with Crippen molar-refractivity contribution in [3.05, 3.63) is 59.1 Å². The van der Waals surface area contributed by atoms with E-state index in [2.05, 4.69) is 28.5 Å². The van der Waals surface area contributed by atoms with Gasteiger partial charge in [-0.1, -0.05) is 24.3 Å². The summed E-state index contributed by atoms with van der Waals surface area (Å²) in [5.41, 5.74) is 3.30. The van der Waals surface area contributed by atoms with Gasteiger partial charge in [-0.3, -0.25) is 0 Å². The molecule has 3 heterocycles. The lowest BCUT2D eigenvalue weighted by atomic mass is 9.79. The van der Waals surface area contributed by atoms with Gasteiger partial charge in [-0.25, -0.2) is 9.78 Å². The molecule has 2 aliphatic rings. The van der Waals surface area contributed by atoms with Crippen molar-refractivity contribution in [1.29, 1.82) is 0 Å². The van der Waals surface area contributed by atoms with Crippen molar-refractivity contribution in [1.82, 2.24) is 9.88 Å². The largest absolute Gasteiger partial charge is 0.381 e. The highest BCUT2D eigenvalue weighted by Gasteiger charge is 2.47. The second kappa shape index (κ2) is 6.62. The van der Waals surface area contributed by atoms with Crippen molar-refractivity contribution in [3.63, 3.8) is 0 Å². The molecule has 0 unspecified atom stereocenters. The van der Waals surface area contributed by atoms with Crippen LogP contribution >= 0.6 is 11.3 Å². The van der Waals surface area contributed by atoms with Gasteiger partial charge in [0.1, 0.15) is 0 Å². The van der Waals surface area contributed by atoms with E-state index >= 15 is 0 Å². The van der Waals surface area contributed by atoms with E-state index in [4.69, 9.17) is 4.74 Å². The Hall–Kier alpha value is -2.44. The molecule has 5 rings (SSSR count). The summed E-state index contributed by atoms with van der Waals surface area (Å²) < 4.78 is 6.69. The first-order valence-corrected chi connectivity index (χ1v) is 10.1. The molecule has 0 aliphatic carbocycles. The van der Waals surface area contributed by atoms with Gasteiger partial charge in [-0.05, 0) is 36.2 Å². The fourth-order valence-corrected chi connectivity index (χ4v) is 4.89. The summed E-state index contributed by atoms with van der Waals surface area (Å²) >= 11 is 1.73. The summed E-state index contributed by atoms with van der Waals surface area (Å²) in [6, 6.07) is 16.2. The molecule has 138 valence electrons. The Balaban J connectivity index is 1.19. The number of para-hydroxylation sites is 1. The summed E-state index contributed by atoms with van der Waals surface area (Å²) in [5, 5.41) is 4.10. The van der Waals surface area contributed by atoms with Gasteiger partial charge in [0, 0.05) is 37.2 Å². The minimum atomic E-state index is -0.0218. The molecule has 2 saturated heterocycles. The van der Waals surface area contributed by atoms with Crippen molar-refractivity contribution in [2.75, 3.05) is 31.6 Å². The van der Waals surface area contributed by atoms with Crippen molar-refractivity contribution < 1.29 is 9.53 Å². The minimum Gasteiger partial charge on any atom is -0.381 e. The molecule has 0 bridgehead atoms. The summed E-state index contributed by atoms with van der Waals surface area (Å²) in [7, 11) is 0. The number of ether oxygens (including phenoxy) is 1. The van der Waals surface area contributed by atoms with E-state index < -0.39 is 0 Å². The van der Waals surface area contributed by atoms with Crippen LogP contribution < -0.4 is 5.32 Å². The number of urea groups is 1. The van der Waals surface area contributed by atoms with Crippen LogP contribution in [-0.4, -0.2) is 42.2 Å². The highest BCUT2D eigenvalue weighted by molar-refractivity contribution is 7.18. The third-order valence-electron chi connectivity index (χ3n) is 5.42. The van der Waals surface area contributed by atoms with Gasteiger partial charge in [0.25, 0.3) is 0 Å². The standard InChI is InChI=1S/C21H21N3O2S/c25-20(24-12-21(13-24)9-10-26-14-21)22-16-7-5-15(6-8-16)11-19-23-17-3-1-2-4-18(17)27-19/h1-8H,9-14H2,(H,22,25). The number of anilines is 1. The highest BCUT2D eigenvalue weighted by Crippen LogP contribution is 2.38. The predicted molar refractivity (Wildman–Crippen MR) is 107 cm³/mol. The molecule has 27 heavy (non-hydrogen) atoms. The fraction of sp³-hybridized carbons (Fsp3) is 0.333. The lowest BCUT2D eigenvalue weighted by Crippen LogP contribution is -2.59. The molecule has 0 saturated carbocycles. The number of likely N-dealkylation sites (tertiary alicyclic amines) is 1. The van der Waals surface area contributed by atoms with E-state index in [1.807, 2.05) is 35.2 Å². The van der Waals surface area contributed by atoms with E-state index in [1.165, 1.54) is 10.3 Å². The average Bonchev–Trinajstić information content (AvgIpc) is 3.28. The molecule has 1 spiro atoms. The molecule has 2 aliphatic heterocycles. The first-order chi connectivity index (χ1) is 13.2. The van der Waals surface area contributed by atoms with Gasteiger partial charge in [-0.15, -0.1) is 11.3 Å². The van der Waals surface area contributed by atoms with E-state index in [-0.39, 0.29) is 11.4 Å².